The lowest BCUT2D eigenvalue weighted by atomic mass is 9.85. The molecular weight excluding hydrogens is 510 g/mol. The Bertz CT molecular complexity index is 1500. The van der Waals surface area contributed by atoms with Crippen LogP contribution < -0.4 is 9.64 Å². The van der Waals surface area contributed by atoms with Gasteiger partial charge >= 0.3 is 5.97 Å². The molecule has 8 nitrogen and oxygen atoms in total. The highest BCUT2D eigenvalue weighted by Gasteiger charge is 2.47. The van der Waals surface area contributed by atoms with Gasteiger partial charge < -0.3 is 19.7 Å². The summed E-state index contributed by atoms with van der Waals surface area (Å²) in [5.74, 6) is -2.40. The van der Waals surface area contributed by atoms with E-state index in [4.69, 9.17) is 9.47 Å². The topological polar surface area (TPSA) is 113 Å². The molecule has 8 heteroatoms. The molecule has 0 spiro atoms. The number of ether oxygens (including phenoxy) is 2. The van der Waals surface area contributed by atoms with E-state index >= 15 is 0 Å². The van der Waals surface area contributed by atoms with Crippen molar-refractivity contribution in [1.29, 1.82) is 0 Å². The fraction of sp³-hybridized carbons (Fsp3) is 0.281. The Kier molecular flexibility index (Phi) is 7.73. The first-order valence-corrected chi connectivity index (χ1v) is 12.9. The fourth-order valence-electron chi connectivity index (χ4n) is 4.64. The van der Waals surface area contributed by atoms with Gasteiger partial charge in [-0.05, 0) is 72.9 Å². The first-order valence-electron chi connectivity index (χ1n) is 12.9. The van der Waals surface area contributed by atoms with Crippen LogP contribution in [0.1, 0.15) is 67.7 Å². The number of hydrogen-bond acceptors (Lipinski definition) is 7. The van der Waals surface area contributed by atoms with Gasteiger partial charge in [0.15, 0.2) is 0 Å². The number of aromatic hydroxyl groups is 1. The molecule has 1 unspecified atom stereocenters. The molecule has 1 saturated heterocycles. The van der Waals surface area contributed by atoms with E-state index in [2.05, 4.69) is 0 Å². The molecule has 2 N–H and O–H groups in total. The predicted octanol–water partition coefficient (Wildman–Crippen LogP) is 5.89. The molecule has 40 heavy (non-hydrogen) atoms. The van der Waals surface area contributed by atoms with Gasteiger partial charge in [0.1, 0.15) is 17.3 Å². The number of phenols is 1. The van der Waals surface area contributed by atoms with Crippen LogP contribution in [0.4, 0.5) is 5.69 Å². The molecule has 0 aliphatic carbocycles. The van der Waals surface area contributed by atoms with E-state index in [1.54, 1.807) is 56.3 Å². The van der Waals surface area contributed by atoms with Crippen molar-refractivity contribution >= 4 is 29.1 Å². The van der Waals surface area contributed by atoms with Gasteiger partial charge in [0.2, 0.25) is 0 Å². The number of anilines is 1. The van der Waals surface area contributed by atoms with Crippen LogP contribution in [0.15, 0.2) is 72.3 Å². The first kappa shape index (κ1) is 28.4. The monoisotopic (exact) mass is 543 g/mol. The molecule has 3 aromatic carbocycles. The van der Waals surface area contributed by atoms with E-state index in [9.17, 15) is 24.6 Å². The van der Waals surface area contributed by atoms with E-state index < -0.39 is 29.5 Å². The van der Waals surface area contributed by atoms with Crippen LogP contribution in [0.25, 0.3) is 5.76 Å². The summed E-state index contributed by atoms with van der Waals surface area (Å²) in [6, 6.07) is 16.5. The number of amides is 1. The maximum atomic E-state index is 13.6. The molecule has 1 amide bonds. The number of aliphatic hydroxyl groups is 1. The first-order chi connectivity index (χ1) is 18.8. The van der Waals surface area contributed by atoms with E-state index in [1.165, 1.54) is 30.2 Å². The Morgan fingerprint density at radius 3 is 2.25 bits per heavy atom. The van der Waals surface area contributed by atoms with Crippen molar-refractivity contribution < 1.29 is 34.1 Å². The summed E-state index contributed by atoms with van der Waals surface area (Å²) in [5.41, 5.74) is 1.70. The van der Waals surface area contributed by atoms with E-state index in [0.29, 0.717) is 11.3 Å². The smallest absolute Gasteiger partial charge is 0.338 e. The number of nitrogens with zero attached hydrogens (tertiary/aromatic N) is 1. The Balaban J connectivity index is 1.95. The van der Waals surface area contributed by atoms with Gasteiger partial charge in [-0.3, -0.25) is 14.5 Å². The van der Waals surface area contributed by atoms with Gasteiger partial charge in [-0.2, -0.15) is 0 Å². The zero-order valence-electron chi connectivity index (χ0n) is 23.4. The fourth-order valence-corrected chi connectivity index (χ4v) is 4.64. The maximum Gasteiger partial charge on any atom is 0.338 e. The summed E-state index contributed by atoms with van der Waals surface area (Å²) in [7, 11) is 1.46. The van der Waals surface area contributed by atoms with Crippen molar-refractivity contribution in [3.05, 3.63) is 94.6 Å². The average Bonchev–Trinajstić information content (AvgIpc) is 3.17. The summed E-state index contributed by atoms with van der Waals surface area (Å²) in [4.78, 5) is 41.0. The number of carbonyl (C=O) groups is 3. The molecule has 3 aromatic rings. The SMILES string of the molecule is COc1ccc(C(C)(C)C)cc1/C(O)=C1\C(=O)C(=O)N(c2cccc(C(=O)OC(C)C)c2)C1c1ccc(O)cc1. The number of methoxy groups -OCH3 is 1. The van der Waals surface area contributed by atoms with Crippen molar-refractivity contribution in [3.63, 3.8) is 0 Å². The second-order valence-corrected chi connectivity index (χ2v) is 10.9. The van der Waals surface area contributed by atoms with Crippen LogP contribution in [0.5, 0.6) is 11.5 Å². The largest absolute Gasteiger partial charge is 0.508 e. The van der Waals surface area contributed by atoms with Crippen molar-refractivity contribution in [2.24, 2.45) is 0 Å². The molecule has 208 valence electrons. The average molecular weight is 544 g/mol. The second-order valence-electron chi connectivity index (χ2n) is 10.9. The molecular formula is C32H33NO7. The minimum Gasteiger partial charge on any atom is -0.508 e. The number of carbonyl (C=O) groups excluding carboxylic acids is 3. The van der Waals surface area contributed by atoms with Gasteiger partial charge in [0.25, 0.3) is 11.7 Å². The third kappa shape index (κ3) is 5.43. The van der Waals surface area contributed by atoms with Crippen molar-refractivity contribution in [3.8, 4) is 11.5 Å². The second kappa shape index (κ2) is 10.9. The Hall–Kier alpha value is -4.59. The molecule has 1 aliphatic heterocycles. The molecule has 0 saturated carbocycles. The number of hydrogen-bond donors (Lipinski definition) is 2. The normalized spacial score (nSPS) is 16.9. The molecule has 1 atom stereocenters. The quantitative estimate of drug-likeness (QED) is 0.172. The van der Waals surface area contributed by atoms with Crippen LogP contribution in [-0.2, 0) is 19.7 Å². The number of esters is 1. The summed E-state index contributed by atoms with van der Waals surface area (Å²) in [6.07, 6.45) is -0.346. The summed E-state index contributed by atoms with van der Waals surface area (Å²) in [6.45, 7) is 9.52. The number of Topliss-reactive ketones (excluding diaryl/α,β-unsaturated/α-hetero) is 1. The maximum absolute atomic E-state index is 13.6. The molecule has 0 aromatic heterocycles. The minimum absolute atomic E-state index is 0.00122. The van der Waals surface area contributed by atoms with Gasteiger partial charge in [-0.1, -0.05) is 45.0 Å². The van der Waals surface area contributed by atoms with Crippen LogP contribution in [0.3, 0.4) is 0 Å². The van der Waals surface area contributed by atoms with E-state index in [1.807, 2.05) is 26.8 Å². The highest BCUT2D eigenvalue weighted by atomic mass is 16.5. The van der Waals surface area contributed by atoms with Gasteiger partial charge in [-0.25, -0.2) is 4.79 Å². The van der Waals surface area contributed by atoms with Gasteiger partial charge in [0.05, 0.1) is 36.0 Å². The lowest BCUT2D eigenvalue weighted by molar-refractivity contribution is -0.132. The number of ketones is 1. The van der Waals surface area contributed by atoms with E-state index in [0.717, 1.165) is 5.56 Å². The van der Waals surface area contributed by atoms with Crippen molar-refractivity contribution in [2.45, 2.75) is 52.2 Å². The van der Waals surface area contributed by atoms with Crippen LogP contribution >= 0.6 is 0 Å². The highest BCUT2D eigenvalue weighted by molar-refractivity contribution is 6.51. The van der Waals surface area contributed by atoms with E-state index in [-0.39, 0.29) is 39.7 Å². The van der Waals surface area contributed by atoms with Gasteiger partial charge in [-0.15, -0.1) is 0 Å². The lowest BCUT2D eigenvalue weighted by Crippen LogP contribution is -2.29. The molecule has 1 aliphatic rings. The molecule has 0 radical (unpaired) electrons. The summed E-state index contributed by atoms with van der Waals surface area (Å²) < 4.78 is 10.8. The van der Waals surface area contributed by atoms with Crippen molar-refractivity contribution in [1.82, 2.24) is 0 Å². The molecule has 1 heterocycles. The summed E-state index contributed by atoms with van der Waals surface area (Å²) >= 11 is 0. The Morgan fingerprint density at radius 2 is 1.65 bits per heavy atom. The lowest BCUT2D eigenvalue weighted by Gasteiger charge is -2.26. The van der Waals surface area contributed by atoms with Crippen LogP contribution in [-0.4, -0.2) is 41.1 Å². The number of phenolic OH excluding ortho intramolecular Hbond substituents is 1. The third-order valence-electron chi connectivity index (χ3n) is 6.68. The minimum atomic E-state index is -1.06. The zero-order valence-corrected chi connectivity index (χ0v) is 23.4. The number of benzene rings is 3. The van der Waals surface area contributed by atoms with Crippen LogP contribution in [0.2, 0.25) is 0 Å². The zero-order chi connectivity index (χ0) is 29.4. The third-order valence-corrected chi connectivity index (χ3v) is 6.68. The standard InChI is InChI=1S/C32H33NO7/c1-18(2)40-31(38)20-8-7-9-22(16-20)33-27(19-10-13-23(34)14-11-19)26(29(36)30(33)37)28(35)24-17-21(32(3,4)5)12-15-25(24)39-6/h7-18,27,34-35H,1-6H3/b28-26+. The summed E-state index contributed by atoms with van der Waals surface area (Å²) in [5, 5.41) is 21.6. The highest BCUT2D eigenvalue weighted by Crippen LogP contribution is 2.44. The molecule has 4 rings (SSSR count). The van der Waals surface area contributed by atoms with Crippen molar-refractivity contribution in [2.75, 3.05) is 12.0 Å². The van der Waals surface area contributed by atoms with Crippen LogP contribution in [0, 0.1) is 0 Å². The Morgan fingerprint density at radius 1 is 0.975 bits per heavy atom. The predicted molar refractivity (Wildman–Crippen MR) is 152 cm³/mol. The Labute approximate surface area is 233 Å². The molecule has 1 fully saturated rings. The number of rotatable bonds is 6. The van der Waals surface area contributed by atoms with Gasteiger partial charge in [0, 0.05) is 5.69 Å². The molecule has 0 bridgehead atoms. The number of aliphatic hydroxyl groups excluding tert-OH is 1.